The number of aromatic nitrogens is 2. The van der Waals surface area contributed by atoms with E-state index in [0.717, 1.165) is 0 Å². The number of nitrogens with zero attached hydrogens (tertiary/aromatic N) is 2. The van der Waals surface area contributed by atoms with Crippen molar-refractivity contribution in [3.8, 4) is 12.3 Å². The number of ether oxygens (including phenoxy) is 1. The third-order valence-electron chi connectivity index (χ3n) is 1.63. The third kappa shape index (κ3) is 2.63. The summed E-state index contributed by atoms with van der Waals surface area (Å²) in [6.07, 6.45) is 8.82. The van der Waals surface area contributed by atoms with E-state index >= 15 is 0 Å². The van der Waals surface area contributed by atoms with Crippen molar-refractivity contribution in [3.63, 3.8) is 0 Å². The first-order valence-electron chi connectivity index (χ1n) is 4.41. The largest absolute Gasteiger partial charge is 0.462 e. The van der Waals surface area contributed by atoms with E-state index in [-0.39, 0.29) is 5.97 Å². The minimum absolute atomic E-state index is 0.348. The van der Waals surface area contributed by atoms with Crippen molar-refractivity contribution < 1.29 is 9.53 Å². The maximum atomic E-state index is 11.2. The number of hydrogen-bond donors (Lipinski definition) is 0. The van der Waals surface area contributed by atoms with Crippen LogP contribution < -0.4 is 0 Å². The van der Waals surface area contributed by atoms with Gasteiger partial charge in [-0.05, 0) is 6.92 Å². The highest BCUT2D eigenvalue weighted by Gasteiger charge is 2.08. The topological polar surface area (TPSA) is 44.1 Å². The summed E-state index contributed by atoms with van der Waals surface area (Å²) >= 11 is 0. The third-order valence-corrected chi connectivity index (χ3v) is 1.63. The van der Waals surface area contributed by atoms with Crippen molar-refractivity contribution in [2.24, 2.45) is 0 Å². The molecular weight excluding hydrogens is 180 g/mol. The zero-order chi connectivity index (χ0) is 10.4. The van der Waals surface area contributed by atoms with Crippen molar-refractivity contribution in [2.75, 3.05) is 6.61 Å². The number of aryl methyl sites for hydroxylation is 1. The number of esters is 1. The molecule has 0 radical (unpaired) electrons. The van der Waals surface area contributed by atoms with Gasteiger partial charge in [-0.25, -0.2) is 4.79 Å². The van der Waals surface area contributed by atoms with Crippen LogP contribution in [0, 0.1) is 12.3 Å². The highest BCUT2D eigenvalue weighted by Crippen LogP contribution is 2.00. The van der Waals surface area contributed by atoms with E-state index in [9.17, 15) is 4.79 Å². The lowest BCUT2D eigenvalue weighted by molar-refractivity contribution is 0.0526. The summed E-state index contributed by atoms with van der Waals surface area (Å²) in [5.74, 6) is 2.16. The van der Waals surface area contributed by atoms with E-state index in [1.165, 1.54) is 6.20 Å². The van der Waals surface area contributed by atoms with E-state index in [0.29, 0.717) is 25.1 Å². The number of rotatable bonds is 4. The first kappa shape index (κ1) is 10.3. The van der Waals surface area contributed by atoms with Gasteiger partial charge >= 0.3 is 5.97 Å². The highest BCUT2D eigenvalue weighted by atomic mass is 16.5. The summed E-state index contributed by atoms with van der Waals surface area (Å²) in [7, 11) is 0. The minimum Gasteiger partial charge on any atom is -0.462 e. The van der Waals surface area contributed by atoms with Crippen LogP contribution in [-0.2, 0) is 11.3 Å². The Labute approximate surface area is 82.9 Å². The Morgan fingerprint density at radius 2 is 2.57 bits per heavy atom. The molecule has 0 spiro atoms. The lowest BCUT2D eigenvalue weighted by atomic mass is 10.4. The standard InChI is InChI=1S/C10H12N2O2/c1-3-5-6-12-8-9(7-11-12)10(13)14-4-2/h1,7-8H,4-6H2,2H3. The van der Waals surface area contributed by atoms with Crippen LogP contribution in [0.15, 0.2) is 12.4 Å². The normalized spacial score (nSPS) is 9.43. The molecular formula is C10H12N2O2. The van der Waals surface area contributed by atoms with Gasteiger partial charge in [0.1, 0.15) is 0 Å². The van der Waals surface area contributed by atoms with Gasteiger partial charge in [0.15, 0.2) is 0 Å². The van der Waals surface area contributed by atoms with Crippen LogP contribution >= 0.6 is 0 Å². The molecule has 0 saturated carbocycles. The second kappa shape index (κ2) is 5.07. The van der Waals surface area contributed by atoms with E-state index in [4.69, 9.17) is 11.2 Å². The second-order valence-electron chi connectivity index (χ2n) is 2.67. The molecule has 1 aromatic rings. The SMILES string of the molecule is C#CCCn1cc(C(=O)OCC)cn1. The molecule has 0 fully saturated rings. The van der Waals surface area contributed by atoms with Crippen LogP contribution in [0.1, 0.15) is 23.7 Å². The molecule has 0 unspecified atom stereocenters. The Morgan fingerprint density at radius 1 is 1.79 bits per heavy atom. The molecule has 0 aliphatic carbocycles. The Hall–Kier alpha value is -1.76. The number of terminal acetylenes is 1. The van der Waals surface area contributed by atoms with E-state index in [1.807, 2.05) is 0 Å². The van der Waals surface area contributed by atoms with Crippen LogP contribution in [0.4, 0.5) is 0 Å². The Morgan fingerprint density at radius 3 is 3.21 bits per heavy atom. The molecule has 0 aliphatic heterocycles. The van der Waals surface area contributed by atoms with Crippen molar-refractivity contribution in [1.29, 1.82) is 0 Å². The van der Waals surface area contributed by atoms with E-state index in [2.05, 4.69) is 11.0 Å². The molecule has 0 aliphatic rings. The van der Waals surface area contributed by atoms with Crippen molar-refractivity contribution in [3.05, 3.63) is 18.0 Å². The monoisotopic (exact) mass is 192 g/mol. The zero-order valence-electron chi connectivity index (χ0n) is 8.06. The average molecular weight is 192 g/mol. The molecule has 1 rings (SSSR count). The van der Waals surface area contributed by atoms with Gasteiger partial charge in [-0.15, -0.1) is 12.3 Å². The first-order chi connectivity index (χ1) is 6.77. The molecule has 0 bridgehead atoms. The summed E-state index contributed by atoms with van der Waals surface area (Å²) in [5, 5.41) is 3.98. The van der Waals surface area contributed by atoms with Gasteiger partial charge in [0.25, 0.3) is 0 Å². The molecule has 4 heteroatoms. The zero-order valence-corrected chi connectivity index (χ0v) is 8.06. The van der Waals surface area contributed by atoms with Crippen molar-refractivity contribution in [2.45, 2.75) is 19.9 Å². The van der Waals surface area contributed by atoms with Crippen LogP contribution in [0.3, 0.4) is 0 Å². The maximum absolute atomic E-state index is 11.2. The summed E-state index contributed by atoms with van der Waals surface area (Å²) in [6.45, 7) is 2.75. The van der Waals surface area contributed by atoms with Crippen LogP contribution in [0.2, 0.25) is 0 Å². The Kier molecular flexibility index (Phi) is 3.74. The molecule has 0 N–H and O–H groups in total. The molecule has 14 heavy (non-hydrogen) atoms. The molecule has 4 nitrogen and oxygen atoms in total. The molecule has 1 aromatic heterocycles. The Balaban J connectivity index is 2.59. The number of carbonyl (C=O) groups is 1. The molecule has 0 atom stereocenters. The van der Waals surface area contributed by atoms with Gasteiger partial charge in [0.05, 0.1) is 24.9 Å². The van der Waals surface area contributed by atoms with E-state index < -0.39 is 0 Å². The molecule has 0 saturated heterocycles. The smallest absolute Gasteiger partial charge is 0.341 e. The Bertz CT molecular complexity index is 349. The van der Waals surface area contributed by atoms with Gasteiger partial charge < -0.3 is 4.74 Å². The van der Waals surface area contributed by atoms with Gasteiger partial charge in [0.2, 0.25) is 0 Å². The van der Waals surface area contributed by atoms with E-state index in [1.54, 1.807) is 17.8 Å². The van der Waals surface area contributed by atoms with Gasteiger partial charge in [-0.2, -0.15) is 5.10 Å². The summed E-state index contributed by atoms with van der Waals surface area (Å²) in [5.41, 5.74) is 0.462. The molecule has 0 amide bonds. The van der Waals surface area contributed by atoms with Crippen LogP contribution in [-0.4, -0.2) is 22.4 Å². The molecule has 0 aromatic carbocycles. The first-order valence-corrected chi connectivity index (χ1v) is 4.41. The lowest BCUT2D eigenvalue weighted by Crippen LogP contribution is -2.03. The molecule has 1 heterocycles. The minimum atomic E-state index is -0.348. The quantitative estimate of drug-likeness (QED) is 0.529. The fourth-order valence-electron chi connectivity index (χ4n) is 0.985. The number of hydrogen-bond acceptors (Lipinski definition) is 3. The van der Waals surface area contributed by atoms with Gasteiger partial charge in [-0.1, -0.05) is 0 Å². The fourth-order valence-corrected chi connectivity index (χ4v) is 0.985. The summed E-state index contributed by atoms with van der Waals surface area (Å²) < 4.78 is 6.44. The van der Waals surface area contributed by atoms with Crippen LogP contribution in [0.25, 0.3) is 0 Å². The van der Waals surface area contributed by atoms with Gasteiger partial charge in [-0.3, -0.25) is 4.68 Å². The van der Waals surface area contributed by atoms with Crippen molar-refractivity contribution in [1.82, 2.24) is 9.78 Å². The fraction of sp³-hybridized carbons (Fsp3) is 0.400. The maximum Gasteiger partial charge on any atom is 0.341 e. The lowest BCUT2D eigenvalue weighted by Gasteiger charge is -1.97. The summed E-state index contributed by atoms with van der Waals surface area (Å²) in [6, 6.07) is 0. The second-order valence-corrected chi connectivity index (χ2v) is 2.67. The number of carbonyl (C=O) groups excluding carboxylic acids is 1. The summed E-state index contributed by atoms with van der Waals surface area (Å²) in [4.78, 5) is 11.2. The van der Waals surface area contributed by atoms with Crippen LogP contribution in [0.5, 0.6) is 0 Å². The highest BCUT2D eigenvalue weighted by molar-refractivity contribution is 5.88. The van der Waals surface area contributed by atoms with Crippen molar-refractivity contribution >= 4 is 5.97 Å². The average Bonchev–Trinajstić information content (AvgIpc) is 2.63. The predicted molar refractivity (Wildman–Crippen MR) is 51.6 cm³/mol. The predicted octanol–water partition coefficient (Wildman–Crippen LogP) is 1.08. The molecule has 74 valence electrons. The van der Waals surface area contributed by atoms with Gasteiger partial charge in [0, 0.05) is 12.6 Å².